The average Bonchev–Trinajstić information content (AvgIpc) is 2.65. The summed E-state index contributed by atoms with van der Waals surface area (Å²) in [6.07, 6.45) is 2.00. The summed E-state index contributed by atoms with van der Waals surface area (Å²) in [6, 6.07) is 14.3. The number of ether oxygens (including phenoxy) is 1. The number of amides is 1. The maximum Gasteiger partial charge on any atom is 0.325 e. The molecule has 1 amide bonds. The highest BCUT2D eigenvalue weighted by Crippen LogP contribution is 2.08. The van der Waals surface area contributed by atoms with Crippen LogP contribution in [-0.2, 0) is 16.0 Å². The zero-order chi connectivity index (χ0) is 18.9. The third-order valence-electron chi connectivity index (χ3n) is 3.85. The van der Waals surface area contributed by atoms with Crippen LogP contribution in [0.5, 0.6) is 0 Å². The van der Waals surface area contributed by atoms with Crippen molar-refractivity contribution < 1.29 is 19.1 Å². The lowest BCUT2D eigenvalue weighted by Crippen LogP contribution is -2.31. The molecule has 5 heteroatoms. The van der Waals surface area contributed by atoms with Gasteiger partial charge in [0.15, 0.2) is 12.4 Å². The van der Waals surface area contributed by atoms with Crippen LogP contribution in [0.2, 0.25) is 0 Å². The average molecular weight is 353 g/mol. The van der Waals surface area contributed by atoms with Crippen molar-refractivity contribution in [1.82, 2.24) is 5.32 Å². The molecule has 0 saturated carbocycles. The number of esters is 1. The van der Waals surface area contributed by atoms with E-state index in [1.807, 2.05) is 25.1 Å². The molecule has 2 aromatic rings. The molecule has 0 heterocycles. The van der Waals surface area contributed by atoms with Gasteiger partial charge in [0, 0.05) is 11.1 Å². The Morgan fingerprint density at radius 2 is 1.73 bits per heavy atom. The molecule has 2 aromatic carbocycles. The number of hydrogen-bond acceptors (Lipinski definition) is 4. The standard InChI is InChI=1S/C21H23NO4/c1-3-5-16-8-10-17(11-9-16)19(23)14-26-20(24)13-22-21(25)18-7-4-6-15(2)12-18/h4,6-12H,3,5,13-14H2,1-2H3,(H,22,25). The van der Waals surface area contributed by atoms with E-state index in [9.17, 15) is 14.4 Å². The molecule has 0 aromatic heterocycles. The van der Waals surface area contributed by atoms with Gasteiger partial charge in [-0.15, -0.1) is 0 Å². The van der Waals surface area contributed by atoms with Crippen molar-refractivity contribution in [2.75, 3.05) is 13.2 Å². The van der Waals surface area contributed by atoms with Crippen molar-refractivity contribution in [1.29, 1.82) is 0 Å². The third-order valence-corrected chi connectivity index (χ3v) is 3.85. The van der Waals surface area contributed by atoms with Crippen molar-refractivity contribution in [3.63, 3.8) is 0 Å². The summed E-state index contributed by atoms with van der Waals surface area (Å²) in [5.41, 5.74) is 3.10. The molecule has 26 heavy (non-hydrogen) atoms. The second-order valence-corrected chi connectivity index (χ2v) is 6.08. The predicted molar refractivity (Wildman–Crippen MR) is 99.2 cm³/mol. The molecule has 136 valence electrons. The second kappa shape index (κ2) is 9.51. The number of nitrogens with one attached hydrogen (secondary N) is 1. The van der Waals surface area contributed by atoms with Gasteiger partial charge in [0.1, 0.15) is 6.54 Å². The van der Waals surface area contributed by atoms with E-state index in [4.69, 9.17) is 4.74 Å². The lowest BCUT2D eigenvalue weighted by Gasteiger charge is -2.07. The first kappa shape index (κ1) is 19.4. The van der Waals surface area contributed by atoms with Gasteiger partial charge in [-0.3, -0.25) is 14.4 Å². The molecule has 0 radical (unpaired) electrons. The Labute approximate surface area is 153 Å². The monoisotopic (exact) mass is 353 g/mol. The number of carbonyl (C=O) groups is 3. The van der Waals surface area contributed by atoms with Crippen LogP contribution in [0.3, 0.4) is 0 Å². The van der Waals surface area contributed by atoms with Gasteiger partial charge in [-0.05, 0) is 31.0 Å². The van der Waals surface area contributed by atoms with E-state index in [2.05, 4.69) is 12.2 Å². The Hall–Kier alpha value is -2.95. The smallest absolute Gasteiger partial charge is 0.325 e. The highest BCUT2D eigenvalue weighted by molar-refractivity contribution is 5.98. The zero-order valence-electron chi connectivity index (χ0n) is 15.1. The van der Waals surface area contributed by atoms with E-state index < -0.39 is 5.97 Å². The zero-order valence-corrected chi connectivity index (χ0v) is 15.1. The number of benzene rings is 2. The van der Waals surface area contributed by atoms with E-state index in [-0.39, 0.29) is 24.8 Å². The van der Waals surface area contributed by atoms with E-state index in [1.165, 1.54) is 5.56 Å². The summed E-state index contributed by atoms with van der Waals surface area (Å²) in [7, 11) is 0. The molecule has 0 aliphatic heterocycles. The van der Waals surface area contributed by atoms with Crippen molar-refractivity contribution in [2.24, 2.45) is 0 Å². The Morgan fingerprint density at radius 1 is 1.00 bits per heavy atom. The molecule has 0 unspecified atom stereocenters. The minimum Gasteiger partial charge on any atom is -0.456 e. The van der Waals surface area contributed by atoms with Crippen molar-refractivity contribution in [2.45, 2.75) is 26.7 Å². The summed E-state index contributed by atoms with van der Waals surface area (Å²) in [5, 5.41) is 2.49. The fourth-order valence-corrected chi connectivity index (χ4v) is 2.47. The molecule has 0 fully saturated rings. The Morgan fingerprint density at radius 3 is 2.38 bits per heavy atom. The number of Topliss-reactive ketones (excluding diaryl/α,β-unsaturated/α-hetero) is 1. The quantitative estimate of drug-likeness (QED) is 0.585. The SMILES string of the molecule is CCCc1ccc(C(=O)COC(=O)CNC(=O)c2cccc(C)c2)cc1. The maximum atomic E-state index is 12.1. The van der Waals surface area contributed by atoms with Gasteiger partial charge in [-0.25, -0.2) is 0 Å². The molecular weight excluding hydrogens is 330 g/mol. The summed E-state index contributed by atoms with van der Waals surface area (Å²) < 4.78 is 4.94. The molecule has 5 nitrogen and oxygen atoms in total. The van der Waals surface area contributed by atoms with Gasteiger partial charge < -0.3 is 10.1 Å². The van der Waals surface area contributed by atoms with E-state index >= 15 is 0 Å². The summed E-state index contributed by atoms with van der Waals surface area (Å²) in [5.74, 6) is -1.28. The van der Waals surface area contributed by atoms with Crippen LogP contribution in [0, 0.1) is 6.92 Å². The Kier molecular flexibility index (Phi) is 7.09. The summed E-state index contributed by atoms with van der Waals surface area (Å²) in [6.45, 7) is 3.35. The van der Waals surface area contributed by atoms with Crippen LogP contribution in [-0.4, -0.2) is 30.8 Å². The predicted octanol–water partition coefficient (Wildman–Crippen LogP) is 3.10. The molecule has 0 atom stereocenters. The molecule has 2 rings (SSSR count). The highest BCUT2D eigenvalue weighted by Gasteiger charge is 2.12. The first-order valence-electron chi connectivity index (χ1n) is 8.62. The van der Waals surface area contributed by atoms with Gasteiger partial charge in [0.05, 0.1) is 0 Å². The van der Waals surface area contributed by atoms with Crippen LogP contribution in [0.1, 0.15) is 45.2 Å². The molecular formula is C21H23NO4. The number of carbonyl (C=O) groups excluding carboxylic acids is 3. The molecule has 0 aliphatic carbocycles. The van der Waals surface area contributed by atoms with Crippen molar-refractivity contribution >= 4 is 17.7 Å². The van der Waals surface area contributed by atoms with Crippen LogP contribution in [0.15, 0.2) is 48.5 Å². The van der Waals surface area contributed by atoms with E-state index in [0.717, 1.165) is 18.4 Å². The summed E-state index contributed by atoms with van der Waals surface area (Å²) >= 11 is 0. The molecule has 0 saturated heterocycles. The second-order valence-electron chi connectivity index (χ2n) is 6.08. The van der Waals surface area contributed by atoms with Crippen LogP contribution >= 0.6 is 0 Å². The fraction of sp³-hybridized carbons (Fsp3) is 0.286. The lowest BCUT2D eigenvalue weighted by atomic mass is 10.1. The van der Waals surface area contributed by atoms with Gasteiger partial charge in [0.2, 0.25) is 0 Å². The van der Waals surface area contributed by atoms with Gasteiger partial charge >= 0.3 is 5.97 Å². The van der Waals surface area contributed by atoms with Crippen LogP contribution < -0.4 is 5.32 Å². The van der Waals surface area contributed by atoms with Gasteiger partial charge in [-0.1, -0.05) is 55.3 Å². The van der Waals surface area contributed by atoms with E-state index in [0.29, 0.717) is 11.1 Å². The molecule has 0 aliphatic rings. The molecule has 0 spiro atoms. The fourth-order valence-electron chi connectivity index (χ4n) is 2.47. The van der Waals surface area contributed by atoms with Crippen LogP contribution in [0.4, 0.5) is 0 Å². The van der Waals surface area contributed by atoms with Crippen molar-refractivity contribution in [3.8, 4) is 0 Å². The lowest BCUT2D eigenvalue weighted by molar-refractivity contribution is -0.141. The Balaban J connectivity index is 1.77. The molecule has 1 N–H and O–H groups in total. The normalized spacial score (nSPS) is 10.2. The first-order chi connectivity index (χ1) is 12.5. The van der Waals surface area contributed by atoms with E-state index in [1.54, 1.807) is 30.3 Å². The maximum absolute atomic E-state index is 12.1. The number of ketones is 1. The number of rotatable bonds is 8. The van der Waals surface area contributed by atoms with Crippen LogP contribution in [0.25, 0.3) is 0 Å². The highest BCUT2D eigenvalue weighted by atomic mass is 16.5. The van der Waals surface area contributed by atoms with Gasteiger partial charge in [0.25, 0.3) is 5.91 Å². The minimum atomic E-state index is -0.651. The third kappa shape index (κ3) is 5.84. The number of aryl methyl sites for hydroxylation is 2. The largest absolute Gasteiger partial charge is 0.456 e. The Bertz CT molecular complexity index is 781. The molecule has 0 bridgehead atoms. The summed E-state index contributed by atoms with van der Waals surface area (Å²) in [4.78, 5) is 35.7. The first-order valence-corrected chi connectivity index (χ1v) is 8.62. The minimum absolute atomic E-state index is 0.272. The topological polar surface area (TPSA) is 72.5 Å². The van der Waals surface area contributed by atoms with Gasteiger partial charge in [-0.2, -0.15) is 0 Å². The van der Waals surface area contributed by atoms with Crippen molar-refractivity contribution in [3.05, 3.63) is 70.8 Å². The number of hydrogen-bond donors (Lipinski definition) is 1.